The molecule has 6 nitrogen and oxygen atoms in total. The summed E-state index contributed by atoms with van der Waals surface area (Å²) < 4.78 is 13.4. The zero-order valence-electron chi connectivity index (χ0n) is 13.3. The van der Waals surface area contributed by atoms with Crippen LogP contribution in [0.15, 0.2) is 24.3 Å². The van der Waals surface area contributed by atoms with Crippen LogP contribution < -0.4 is 10.6 Å². The molecule has 0 spiro atoms. The number of nitrogens with zero attached hydrogens (tertiary/aromatic N) is 2. The summed E-state index contributed by atoms with van der Waals surface area (Å²) in [6, 6.07) is 5.51. The fourth-order valence-electron chi connectivity index (χ4n) is 2.38. The highest BCUT2D eigenvalue weighted by atomic mass is 19.1. The zero-order chi connectivity index (χ0) is 16.7. The topological polar surface area (TPSA) is 64.7 Å². The Labute approximate surface area is 135 Å². The van der Waals surface area contributed by atoms with Crippen molar-refractivity contribution in [2.24, 2.45) is 0 Å². The molecule has 1 fully saturated rings. The minimum atomic E-state index is -0.479. The summed E-state index contributed by atoms with van der Waals surface area (Å²) in [6.07, 6.45) is 0.972. The van der Waals surface area contributed by atoms with Crippen molar-refractivity contribution in [3.8, 4) is 0 Å². The van der Waals surface area contributed by atoms with Gasteiger partial charge in [-0.05, 0) is 25.6 Å². The second-order valence-corrected chi connectivity index (χ2v) is 5.65. The van der Waals surface area contributed by atoms with Crippen LogP contribution in [0.5, 0.6) is 0 Å². The van der Waals surface area contributed by atoms with E-state index in [-0.39, 0.29) is 11.6 Å². The number of para-hydroxylation sites is 1. The quantitative estimate of drug-likeness (QED) is 0.808. The fourth-order valence-corrected chi connectivity index (χ4v) is 2.38. The van der Waals surface area contributed by atoms with E-state index >= 15 is 0 Å². The first-order valence-corrected chi connectivity index (χ1v) is 7.82. The molecule has 0 atom stereocenters. The number of amides is 3. The standard InChI is InChI=1S/C16H23FN4O2/c1-20-9-11-21(12-10-20)15(22)7-4-8-18-16(23)19-14-6-3-2-5-13(14)17/h2-3,5-6H,4,7-12H2,1H3,(H2,18,19,23). The molecule has 0 bridgehead atoms. The number of piperazine rings is 1. The van der Waals surface area contributed by atoms with E-state index in [4.69, 9.17) is 0 Å². The maximum absolute atomic E-state index is 13.4. The first-order valence-electron chi connectivity index (χ1n) is 7.82. The molecule has 3 amide bonds. The van der Waals surface area contributed by atoms with Gasteiger partial charge < -0.3 is 20.4 Å². The predicted molar refractivity (Wildman–Crippen MR) is 86.7 cm³/mol. The van der Waals surface area contributed by atoms with E-state index in [0.717, 1.165) is 26.2 Å². The maximum atomic E-state index is 13.4. The van der Waals surface area contributed by atoms with E-state index < -0.39 is 11.8 Å². The summed E-state index contributed by atoms with van der Waals surface area (Å²) in [6.45, 7) is 3.69. The van der Waals surface area contributed by atoms with Crippen molar-refractivity contribution in [3.05, 3.63) is 30.1 Å². The molecule has 1 saturated heterocycles. The molecule has 1 aliphatic heterocycles. The first kappa shape index (κ1) is 17.2. The van der Waals surface area contributed by atoms with E-state index in [2.05, 4.69) is 15.5 Å². The Morgan fingerprint density at radius 1 is 1.17 bits per heavy atom. The van der Waals surface area contributed by atoms with Crippen molar-refractivity contribution in [3.63, 3.8) is 0 Å². The molecule has 126 valence electrons. The summed E-state index contributed by atoms with van der Waals surface area (Å²) in [7, 11) is 2.04. The fraction of sp³-hybridized carbons (Fsp3) is 0.500. The Morgan fingerprint density at radius 2 is 1.87 bits per heavy atom. The van der Waals surface area contributed by atoms with Crippen LogP contribution in [0.25, 0.3) is 0 Å². The van der Waals surface area contributed by atoms with Crippen LogP contribution in [0.2, 0.25) is 0 Å². The summed E-state index contributed by atoms with van der Waals surface area (Å²) in [5, 5.41) is 5.07. The van der Waals surface area contributed by atoms with E-state index in [1.165, 1.54) is 12.1 Å². The average Bonchev–Trinajstić information content (AvgIpc) is 2.54. The van der Waals surface area contributed by atoms with Crippen LogP contribution in [0.1, 0.15) is 12.8 Å². The molecule has 0 radical (unpaired) electrons. The van der Waals surface area contributed by atoms with Gasteiger partial charge in [0.1, 0.15) is 5.82 Å². The Bertz CT molecular complexity index is 545. The number of nitrogens with one attached hydrogen (secondary N) is 2. The number of hydrogen-bond donors (Lipinski definition) is 2. The van der Waals surface area contributed by atoms with Crippen molar-refractivity contribution >= 4 is 17.6 Å². The van der Waals surface area contributed by atoms with Crippen molar-refractivity contribution in [2.75, 3.05) is 45.1 Å². The number of halogens is 1. The molecule has 0 unspecified atom stereocenters. The van der Waals surface area contributed by atoms with E-state index in [0.29, 0.717) is 19.4 Å². The van der Waals surface area contributed by atoms with Crippen LogP contribution in [0.3, 0.4) is 0 Å². The molecule has 0 aliphatic carbocycles. The molecular weight excluding hydrogens is 299 g/mol. The van der Waals surface area contributed by atoms with Crippen LogP contribution in [0.4, 0.5) is 14.9 Å². The van der Waals surface area contributed by atoms with Crippen LogP contribution >= 0.6 is 0 Å². The third kappa shape index (κ3) is 5.52. The van der Waals surface area contributed by atoms with Gasteiger partial charge in [0.15, 0.2) is 0 Å². The third-order valence-electron chi connectivity index (χ3n) is 3.83. The molecule has 0 saturated carbocycles. The number of anilines is 1. The number of carbonyl (C=O) groups excluding carboxylic acids is 2. The van der Waals surface area contributed by atoms with Crippen molar-refractivity contribution in [2.45, 2.75) is 12.8 Å². The highest BCUT2D eigenvalue weighted by molar-refractivity contribution is 5.89. The molecule has 1 aromatic rings. The lowest BCUT2D eigenvalue weighted by Gasteiger charge is -2.32. The molecule has 2 N–H and O–H groups in total. The summed E-state index contributed by atoms with van der Waals surface area (Å²) in [5.41, 5.74) is 0.138. The Morgan fingerprint density at radius 3 is 2.57 bits per heavy atom. The lowest BCUT2D eigenvalue weighted by molar-refractivity contribution is -0.132. The van der Waals surface area contributed by atoms with Crippen molar-refractivity contribution < 1.29 is 14.0 Å². The van der Waals surface area contributed by atoms with E-state index in [1.807, 2.05) is 11.9 Å². The lowest BCUT2D eigenvalue weighted by Crippen LogP contribution is -2.47. The molecule has 7 heteroatoms. The van der Waals surface area contributed by atoms with Gasteiger partial charge in [0.05, 0.1) is 5.69 Å². The van der Waals surface area contributed by atoms with Gasteiger partial charge in [-0.25, -0.2) is 9.18 Å². The van der Waals surface area contributed by atoms with Crippen molar-refractivity contribution in [1.29, 1.82) is 0 Å². The molecule has 1 heterocycles. The van der Waals surface area contributed by atoms with E-state index in [9.17, 15) is 14.0 Å². The van der Waals surface area contributed by atoms with Gasteiger partial charge in [0.25, 0.3) is 0 Å². The normalized spacial score (nSPS) is 15.3. The van der Waals surface area contributed by atoms with Gasteiger partial charge in [-0.15, -0.1) is 0 Å². The molecule has 23 heavy (non-hydrogen) atoms. The van der Waals surface area contributed by atoms with Gasteiger partial charge in [0, 0.05) is 39.1 Å². The highest BCUT2D eigenvalue weighted by Gasteiger charge is 2.18. The Kier molecular flexibility index (Phi) is 6.34. The third-order valence-corrected chi connectivity index (χ3v) is 3.83. The highest BCUT2D eigenvalue weighted by Crippen LogP contribution is 2.11. The number of carbonyl (C=O) groups is 2. The zero-order valence-corrected chi connectivity index (χ0v) is 13.3. The minimum Gasteiger partial charge on any atom is -0.340 e. The van der Waals surface area contributed by atoms with Crippen LogP contribution in [-0.4, -0.2) is 61.5 Å². The van der Waals surface area contributed by atoms with Gasteiger partial charge in [-0.3, -0.25) is 4.79 Å². The largest absolute Gasteiger partial charge is 0.340 e. The Balaban J connectivity index is 1.62. The van der Waals surface area contributed by atoms with E-state index in [1.54, 1.807) is 12.1 Å². The summed E-state index contributed by atoms with van der Waals surface area (Å²) in [4.78, 5) is 27.7. The molecule has 2 rings (SSSR count). The number of likely N-dealkylation sites (N-methyl/N-ethyl adjacent to an activating group) is 1. The molecule has 0 aromatic heterocycles. The smallest absolute Gasteiger partial charge is 0.319 e. The Hall–Kier alpha value is -2.15. The second kappa shape index (κ2) is 8.47. The molecule has 1 aromatic carbocycles. The second-order valence-electron chi connectivity index (χ2n) is 5.65. The number of urea groups is 1. The first-order chi connectivity index (χ1) is 11.1. The van der Waals surface area contributed by atoms with Crippen LogP contribution in [0, 0.1) is 5.82 Å². The summed E-state index contributed by atoms with van der Waals surface area (Å²) >= 11 is 0. The molecule has 1 aliphatic rings. The van der Waals surface area contributed by atoms with Crippen LogP contribution in [-0.2, 0) is 4.79 Å². The average molecular weight is 322 g/mol. The van der Waals surface area contributed by atoms with Gasteiger partial charge in [-0.1, -0.05) is 12.1 Å². The van der Waals surface area contributed by atoms with Gasteiger partial charge in [-0.2, -0.15) is 0 Å². The number of hydrogen-bond acceptors (Lipinski definition) is 3. The van der Waals surface area contributed by atoms with Gasteiger partial charge >= 0.3 is 6.03 Å². The number of benzene rings is 1. The monoisotopic (exact) mass is 322 g/mol. The SMILES string of the molecule is CN1CCN(C(=O)CCCNC(=O)Nc2ccccc2F)CC1. The molecular formula is C16H23FN4O2. The minimum absolute atomic E-state index is 0.120. The summed E-state index contributed by atoms with van der Waals surface area (Å²) in [5.74, 6) is -0.359. The van der Waals surface area contributed by atoms with Crippen molar-refractivity contribution in [1.82, 2.24) is 15.1 Å². The van der Waals surface area contributed by atoms with Gasteiger partial charge in [0.2, 0.25) is 5.91 Å². The lowest BCUT2D eigenvalue weighted by atomic mass is 10.2. The maximum Gasteiger partial charge on any atom is 0.319 e. The predicted octanol–water partition coefficient (Wildman–Crippen LogP) is 1.50. The number of rotatable bonds is 5.